The highest BCUT2D eigenvalue weighted by molar-refractivity contribution is 7.45. The van der Waals surface area contributed by atoms with Gasteiger partial charge >= 0.3 is 0 Å². The van der Waals surface area contributed by atoms with Gasteiger partial charge in [-0.25, -0.2) is 9.97 Å². The third-order valence-electron chi connectivity index (χ3n) is 5.05. The SMILES string of the molecule is CPc1ncc(-c2ccc(-c3ccc4c(ccc5[nH]c(PC)nc54)c3)cc2)[nH]1. The molecule has 0 aliphatic rings. The zero-order valence-corrected chi connectivity index (χ0v) is 17.7. The van der Waals surface area contributed by atoms with Crippen molar-refractivity contribution < 1.29 is 0 Å². The molecule has 2 aromatic heterocycles. The first-order chi connectivity index (χ1) is 13.7. The van der Waals surface area contributed by atoms with E-state index in [1.807, 2.05) is 6.20 Å². The van der Waals surface area contributed by atoms with Gasteiger partial charge in [-0.1, -0.05) is 59.6 Å². The topological polar surface area (TPSA) is 57.4 Å². The fraction of sp³-hybridized carbons (Fsp3) is 0.0909. The number of imidazole rings is 2. The maximum Gasteiger partial charge on any atom is 0.126 e. The maximum atomic E-state index is 4.76. The second kappa shape index (κ2) is 7.13. The second-order valence-electron chi connectivity index (χ2n) is 6.71. The van der Waals surface area contributed by atoms with Gasteiger partial charge in [-0.3, -0.25) is 0 Å². The zero-order valence-electron chi connectivity index (χ0n) is 15.7. The second-order valence-corrected chi connectivity index (χ2v) is 8.65. The highest BCUT2D eigenvalue weighted by Gasteiger charge is 2.08. The minimum Gasteiger partial charge on any atom is -0.339 e. The Bertz CT molecular complexity index is 1290. The van der Waals surface area contributed by atoms with Crippen molar-refractivity contribution in [2.24, 2.45) is 0 Å². The Balaban J connectivity index is 1.52. The molecular weight excluding hydrogens is 382 g/mol. The number of nitrogens with zero attached hydrogens (tertiary/aromatic N) is 2. The van der Waals surface area contributed by atoms with Crippen LogP contribution in [0.4, 0.5) is 0 Å². The molecule has 5 rings (SSSR count). The molecule has 2 N–H and O–H groups in total. The Labute approximate surface area is 166 Å². The van der Waals surface area contributed by atoms with E-state index in [1.54, 1.807) is 0 Å². The van der Waals surface area contributed by atoms with E-state index in [0.29, 0.717) is 17.2 Å². The standard InChI is InChI=1S/C22H20N4P2/c1-27-21-23-12-19(25-21)14-5-3-13(4-6-14)15-7-9-17-16(11-15)8-10-18-20(17)26-22(24-18)28-2/h3-12,27-28H,1-2H3,(H,23,25)(H,24,26). The summed E-state index contributed by atoms with van der Waals surface area (Å²) in [7, 11) is 1.36. The molecule has 0 fully saturated rings. The molecule has 0 amide bonds. The van der Waals surface area contributed by atoms with Crippen molar-refractivity contribution >= 4 is 50.1 Å². The highest BCUT2D eigenvalue weighted by Crippen LogP contribution is 2.29. The normalized spacial score (nSPS) is 12.4. The van der Waals surface area contributed by atoms with Crippen LogP contribution in [0.2, 0.25) is 0 Å². The number of H-pyrrole nitrogens is 2. The number of fused-ring (bicyclic) bond motifs is 3. The van der Waals surface area contributed by atoms with Crippen LogP contribution in [0, 0.1) is 0 Å². The average Bonchev–Trinajstić information content (AvgIpc) is 3.40. The lowest BCUT2D eigenvalue weighted by molar-refractivity contribution is 1.41. The van der Waals surface area contributed by atoms with Gasteiger partial charge in [0.05, 0.1) is 22.9 Å². The molecule has 6 heteroatoms. The Morgan fingerprint density at radius 2 is 1.50 bits per heavy atom. The van der Waals surface area contributed by atoms with Crippen LogP contribution in [0.5, 0.6) is 0 Å². The molecular formula is C22H20N4P2. The van der Waals surface area contributed by atoms with Gasteiger partial charge in [-0.05, 0) is 47.5 Å². The van der Waals surface area contributed by atoms with Gasteiger partial charge in [0.25, 0.3) is 0 Å². The molecule has 0 aliphatic heterocycles. The van der Waals surface area contributed by atoms with Crippen molar-refractivity contribution in [3.63, 3.8) is 0 Å². The van der Waals surface area contributed by atoms with Gasteiger partial charge in [-0.2, -0.15) is 0 Å². The van der Waals surface area contributed by atoms with Crippen LogP contribution in [-0.2, 0) is 0 Å². The van der Waals surface area contributed by atoms with Gasteiger partial charge in [0.15, 0.2) is 0 Å². The van der Waals surface area contributed by atoms with Crippen molar-refractivity contribution in [1.29, 1.82) is 0 Å². The molecule has 0 aliphatic carbocycles. The zero-order chi connectivity index (χ0) is 19.1. The summed E-state index contributed by atoms with van der Waals surface area (Å²) in [5.41, 5.74) is 8.94. The molecule has 2 heterocycles. The van der Waals surface area contributed by atoms with Crippen molar-refractivity contribution in [2.45, 2.75) is 0 Å². The average molecular weight is 402 g/mol. The quantitative estimate of drug-likeness (QED) is 0.430. The van der Waals surface area contributed by atoms with Crippen LogP contribution in [0.25, 0.3) is 44.2 Å². The molecule has 0 spiro atoms. The smallest absolute Gasteiger partial charge is 0.126 e. The summed E-state index contributed by atoms with van der Waals surface area (Å²) in [6, 6.07) is 19.6. The lowest BCUT2D eigenvalue weighted by Crippen LogP contribution is -1.96. The maximum absolute atomic E-state index is 4.76. The van der Waals surface area contributed by atoms with Crippen LogP contribution >= 0.6 is 17.2 Å². The number of nitrogens with one attached hydrogen (secondary N) is 2. The summed E-state index contributed by atoms with van der Waals surface area (Å²) in [6.45, 7) is 4.28. The van der Waals surface area contributed by atoms with E-state index in [1.165, 1.54) is 21.9 Å². The molecule has 4 nitrogen and oxygen atoms in total. The van der Waals surface area contributed by atoms with Crippen molar-refractivity contribution in [2.75, 3.05) is 13.3 Å². The van der Waals surface area contributed by atoms with E-state index in [0.717, 1.165) is 33.4 Å². The molecule has 3 aromatic carbocycles. The fourth-order valence-corrected chi connectivity index (χ4v) is 4.47. The van der Waals surface area contributed by atoms with Gasteiger partial charge < -0.3 is 9.97 Å². The minimum atomic E-state index is 0.674. The molecule has 0 radical (unpaired) electrons. The first kappa shape index (κ1) is 17.6. The Kier molecular flexibility index (Phi) is 4.47. The largest absolute Gasteiger partial charge is 0.339 e. The third-order valence-corrected chi connectivity index (χ3v) is 6.48. The first-order valence-electron chi connectivity index (χ1n) is 9.19. The van der Waals surface area contributed by atoms with E-state index in [9.17, 15) is 0 Å². The molecule has 0 bridgehead atoms. The molecule has 0 saturated heterocycles. The number of aromatic nitrogens is 4. The highest BCUT2D eigenvalue weighted by atomic mass is 31.1. The monoisotopic (exact) mass is 402 g/mol. The van der Waals surface area contributed by atoms with Crippen molar-refractivity contribution in [3.8, 4) is 22.4 Å². The van der Waals surface area contributed by atoms with Gasteiger partial charge in [-0.15, -0.1) is 0 Å². The summed E-state index contributed by atoms with van der Waals surface area (Å²) in [4.78, 5) is 16.0. The molecule has 5 aromatic rings. The Hall–Kier alpha value is -2.54. The number of hydrogen-bond donors (Lipinski definition) is 2. The van der Waals surface area contributed by atoms with Gasteiger partial charge in [0, 0.05) is 5.39 Å². The van der Waals surface area contributed by atoms with Crippen molar-refractivity contribution in [3.05, 3.63) is 60.8 Å². The predicted molar refractivity (Wildman–Crippen MR) is 124 cm³/mol. The molecule has 138 valence electrons. The van der Waals surface area contributed by atoms with Crippen LogP contribution in [-0.4, -0.2) is 33.3 Å². The number of hydrogen-bond acceptors (Lipinski definition) is 2. The summed E-state index contributed by atoms with van der Waals surface area (Å²) in [5, 5.41) is 2.41. The van der Waals surface area contributed by atoms with Crippen LogP contribution in [0.15, 0.2) is 60.8 Å². The third kappa shape index (κ3) is 3.03. The number of rotatable bonds is 4. The van der Waals surface area contributed by atoms with Crippen LogP contribution < -0.4 is 11.1 Å². The molecule has 2 atom stereocenters. The summed E-state index contributed by atoms with van der Waals surface area (Å²) in [6.07, 6.45) is 1.91. The number of benzene rings is 3. The van der Waals surface area contributed by atoms with Crippen molar-refractivity contribution in [1.82, 2.24) is 19.9 Å². The lowest BCUT2D eigenvalue weighted by Gasteiger charge is -2.06. The predicted octanol–water partition coefficient (Wildman–Crippen LogP) is 4.64. The summed E-state index contributed by atoms with van der Waals surface area (Å²) >= 11 is 0. The van der Waals surface area contributed by atoms with E-state index in [2.05, 4.69) is 82.9 Å². The number of aromatic amines is 2. The van der Waals surface area contributed by atoms with E-state index in [-0.39, 0.29) is 0 Å². The summed E-state index contributed by atoms with van der Waals surface area (Å²) in [5.74, 6) is 0. The lowest BCUT2D eigenvalue weighted by atomic mass is 9.99. The van der Waals surface area contributed by atoms with Crippen LogP contribution in [0.3, 0.4) is 0 Å². The Morgan fingerprint density at radius 1 is 0.750 bits per heavy atom. The summed E-state index contributed by atoms with van der Waals surface area (Å²) < 4.78 is 0. The van der Waals surface area contributed by atoms with E-state index < -0.39 is 0 Å². The molecule has 28 heavy (non-hydrogen) atoms. The molecule has 0 saturated carbocycles. The fourth-order valence-electron chi connectivity index (χ4n) is 3.54. The van der Waals surface area contributed by atoms with Gasteiger partial charge in [0.2, 0.25) is 0 Å². The van der Waals surface area contributed by atoms with Gasteiger partial charge in [0.1, 0.15) is 11.1 Å². The Morgan fingerprint density at radius 3 is 2.25 bits per heavy atom. The first-order valence-corrected chi connectivity index (χ1v) is 12.2. The molecule has 2 unspecified atom stereocenters. The van der Waals surface area contributed by atoms with Crippen LogP contribution in [0.1, 0.15) is 0 Å². The minimum absolute atomic E-state index is 0.674. The van der Waals surface area contributed by atoms with E-state index in [4.69, 9.17) is 4.98 Å². The van der Waals surface area contributed by atoms with E-state index >= 15 is 0 Å².